The van der Waals surface area contributed by atoms with E-state index >= 15 is 0 Å². The van der Waals surface area contributed by atoms with E-state index in [4.69, 9.17) is 24.1 Å². The third kappa shape index (κ3) is 7.04. The van der Waals surface area contributed by atoms with Crippen LogP contribution in [0.25, 0.3) is 10.8 Å². The summed E-state index contributed by atoms with van der Waals surface area (Å²) in [6, 6.07) is 12.1. The molecule has 0 aromatic heterocycles. The normalized spacial score (nSPS) is 20.0. The number of amides is 1. The van der Waals surface area contributed by atoms with E-state index in [-0.39, 0.29) is 12.7 Å². The Morgan fingerprint density at radius 1 is 1.18 bits per heavy atom. The zero-order valence-corrected chi connectivity index (χ0v) is 19.8. The van der Waals surface area contributed by atoms with E-state index in [0.717, 1.165) is 22.1 Å². The number of ether oxygens (including phenoxy) is 4. The van der Waals surface area contributed by atoms with Gasteiger partial charge in [0.1, 0.15) is 23.7 Å². The number of fused-ring (bicyclic) bond motifs is 1. The number of rotatable bonds is 8. The third-order valence-corrected chi connectivity index (χ3v) is 5.39. The molecule has 182 valence electrons. The lowest BCUT2D eigenvalue weighted by Crippen LogP contribution is -2.52. The summed E-state index contributed by atoms with van der Waals surface area (Å²) in [5, 5.41) is 20.8. The molecule has 2 aromatic carbocycles. The Kier molecular flexibility index (Phi) is 8.53. The predicted molar refractivity (Wildman–Crippen MR) is 124 cm³/mol. The van der Waals surface area contributed by atoms with Crippen LogP contribution in [0.4, 0.5) is 4.79 Å². The van der Waals surface area contributed by atoms with Gasteiger partial charge in [-0.3, -0.25) is 4.90 Å². The highest BCUT2D eigenvalue weighted by Crippen LogP contribution is 2.29. The molecule has 1 amide bonds. The fourth-order valence-electron chi connectivity index (χ4n) is 3.81. The fourth-order valence-corrected chi connectivity index (χ4v) is 3.81. The number of aliphatic hydroxyl groups is 2. The second-order valence-corrected chi connectivity index (χ2v) is 9.29. The maximum absolute atomic E-state index is 12.8. The smallest absolute Gasteiger partial charge is 0.412 e. The maximum atomic E-state index is 12.8. The van der Waals surface area contributed by atoms with Crippen molar-refractivity contribution in [2.75, 3.05) is 26.9 Å². The largest absolute Gasteiger partial charge is 0.496 e. The number of hydrogen-bond acceptors (Lipinski definition) is 7. The number of methoxy groups -OCH3 is 1. The molecular formula is C25H35NO7. The quantitative estimate of drug-likeness (QED) is 0.621. The number of likely N-dealkylation sites (tertiary alicyclic amines) is 1. The standard InChI is InChI=1S/C25H35NO7/c1-25(2,3)33-24(29)26-13-20(9-10-23(26)32-16-19(28)14-27)31-15-17-11-18-7-5-6-8-21(18)22(12-17)30-4/h5-8,11-12,19-20,23,27-28H,9-10,13-16H2,1-4H3/t19-,20?,23?/m1/s1. The van der Waals surface area contributed by atoms with Gasteiger partial charge in [0.15, 0.2) is 0 Å². The summed E-state index contributed by atoms with van der Waals surface area (Å²) in [4.78, 5) is 14.3. The zero-order chi connectivity index (χ0) is 24.0. The molecule has 8 nitrogen and oxygen atoms in total. The van der Waals surface area contributed by atoms with Crippen molar-refractivity contribution in [2.45, 2.75) is 64.3 Å². The van der Waals surface area contributed by atoms with Crippen LogP contribution < -0.4 is 4.74 Å². The van der Waals surface area contributed by atoms with Gasteiger partial charge in [0.25, 0.3) is 0 Å². The number of carbonyl (C=O) groups excluding carboxylic acids is 1. The predicted octanol–water partition coefficient (Wildman–Crippen LogP) is 3.46. The second kappa shape index (κ2) is 11.2. The molecule has 1 aliphatic rings. The first-order valence-corrected chi connectivity index (χ1v) is 11.3. The van der Waals surface area contributed by atoms with Gasteiger partial charge in [-0.15, -0.1) is 0 Å². The minimum absolute atomic E-state index is 0.0666. The molecule has 2 aromatic rings. The first-order valence-electron chi connectivity index (χ1n) is 11.3. The summed E-state index contributed by atoms with van der Waals surface area (Å²) in [5.74, 6) is 0.793. The molecule has 1 saturated heterocycles. The van der Waals surface area contributed by atoms with Gasteiger partial charge in [0.05, 0.1) is 39.6 Å². The lowest BCUT2D eigenvalue weighted by molar-refractivity contribution is -0.134. The van der Waals surface area contributed by atoms with Gasteiger partial charge < -0.3 is 29.2 Å². The monoisotopic (exact) mass is 461 g/mol. The topological polar surface area (TPSA) is 97.7 Å². The molecule has 8 heteroatoms. The van der Waals surface area contributed by atoms with Crippen molar-refractivity contribution in [1.29, 1.82) is 0 Å². The van der Waals surface area contributed by atoms with Gasteiger partial charge in [-0.2, -0.15) is 0 Å². The lowest BCUT2D eigenvalue weighted by Gasteiger charge is -2.39. The molecule has 2 unspecified atom stereocenters. The molecule has 3 atom stereocenters. The summed E-state index contributed by atoms with van der Waals surface area (Å²) in [7, 11) is 1.65. The zero-order valence-electron chi connectivity index (χ0n) is 19.8. The summed E-state index contributed by atoms with van der Waals surface area (Å²) in [5.41, 5.74) is 0.334. The van der Waals surface area contributed by atoms with E-state index in [2.05, 4.69) is 6.07 Å². The van der Waals surface area contributed by atoms with Gasteiger partial charge in [-0.25, -0.2) is 4.79 Å². The Morgan fingerprint density at radius 2 is 1.94 bits per heavy atom. The van der Waals surface area contributed by atoms with Crippen molar-refractivity contribution in [2.24, 2.45) is 0 Å². The Balaban J connectivity index is 1.68. The van der Waals surface area contributed by atoms with E-state index in [1.165, 1.54) is 4.90 Å². The van der Waals surface area contributed by atoms with E-state index in [0.29, 0.717) is 26.0 Å². The summed E-state index contributed by atoms with van der Waals surface area (Å²) >= 11 is 0. The Bertz CT molecular complexity index is 927. The van der Waals surface area contributed by atoms with Crippen LogP contribution in [0.2, 0.25) is 0 Å². The van der Waals surface area contributed by atoms with Crippen molar-refractivity contribution in [3.05, 3.63) is 42.0 Å². The van der Waals surface area contributed by atoms with Gasteiger partial charge in [-0.05, 0) is 56.7 Å². The molecule has 0 aliphatic carbocycles. The molecule has 0 spiro atoms. The number of nitrogens with zero attached hydrogens (tertiary/aromatic N) is 1. The van der Waals surface area contributed by atoms with Crippen LogP contribution in [0.15, 0.2) is 36.4 Å². The molecule has 0 radical (unpaired) electrons. The number of piperidine rings is 1. The first-order chi connectivity index (χ1) is 15.7. The van der Waals surface area contributed by atoms with Crippen LogP contribution in [0.1, 0.15) is 39.2 Å². The first kappa shape index (κ1) is 25.2. The number of hydrogen-bond donors (Lipinski definition) is 2. The third-order valence-electron chi connectivity index (χ3n) is 5.39. The van der Waals surface area contributed by atoms with E-state index in [9.17, 15) is 9.90 Å². The van der Waals surface area contributed by atoms with Crippen LogP contribution in [0.3, 0.4) is 0 Å². The Morgan fingerprint density at radius 3 is 2.64 bits per heavy atom. The van der Waals surface area contributed by atoms with Crippen molar-refractivity contribution >= 4 is 16.9 Å². The molecule has 33 heavy (non-hydrogen) atoms. The molecule has 2 N–H and O–H groups in total. The van der Waals surface area contributed by atoms with Gasteiger partial charge in [0, 0.05) is 5.39 Å². The highest BCUT2D eigenvalue weighted by molar-refractivity contribution is 5.89. The summed E-state index contributed by atoms with van der Waals surface area (Å²) in [6.45, 7) is 5.63. The SMILES string of the molecule is COc1cc(COC2CCC(OC[C@H](O)CO)N(C(=O)OC(C)(C)C)C2)cc2ccccc12. The van der Waals surface area contributed by atoms with Crippen LogP contribution in [-0.4, -0.2) is 72.1 Å². The maximum Gasteiger partial charge on any atom is 0.412 e. The average molecular weight is 462 g/mol. The molecule has 1 heterocycles. The van der Waals surface area contributed by atoms with E-state index in [1.54, 1.807) is 27.9 Å². The minimum atomic E-state index is -0.998. The van der Waals surface area contributed by atoms with Crippen molar-refractivity contribution < 1.29 is 34.0 Å². The van der Waals surface area contributed by atoms with Crippen molar-refractivity contribution in [3.63, 3.8) is 0 Å². The lowest BCUT2D eigenvalue weighted by atomic mass is 10.1. The van der Waals surface area contributed by atoms with Gasteiger partial charge in [-0.1, -0.05) is 24.3 Å². The van der Waals surface area contributed by atoms with Crippen molar-refractivity contribution in [3.8, 4) is 5.75 Å². The molecule has 1 fully saturated rings. The van der Waals surface area contributed by atoms with Crippen LogP contribution in [-0.2, 0) is 20.8 Å². The fraction of sp³-hybridized carbons (Fsp3) is 0.560. The van der Waals surface area contributed by atoms with Gasteiger partial charge in [0.2, 0.25) is 0 Å². The summed E-state index contributed by atoms with van der Waals surface area (Å²) in [6.07, 6.45) is -1.03. The minimum Gasteiger partial charge on any atom is -0.496 e. The summed E-state index contributed by atoms with van der Waals surface area (Å²) < 4.78 is 23.0. The van der Waals surface area contributed by atoms with Crippen LogP contribution in [0.5, 0.6) is 5.75 Å². The van der Waals surface area contributed by atoms with Crippen LogP contribution in [0, 0.1) is 0 Å². The second-order valence-electron chi connectivity index (χ2n) is 9.29. The molecule has 0 saturated carbocycles. The number of carbonyl (C=O) groups is 1. The molecule has 3 rings (SSSR count). The highest BCUT2D eigenvalue weighted by Gasteiger charge is 2.35. The average Bonchev–Trinajstić information content (AvgIpc) is 2.79. The van der Waals surface area contributed by atoms with Gasteiger partial charge >= 0.3 is 6.09 Å². The molecule has 0 bridgehead atoms. The highest BCUT2D eigenvalue weighted by atomic mass is 16.6. The van der Waals surface area contributed by atoms with Crippen LogP contribution >= 0.6 is 0 Å². The Hall–Kier alpha value is -2.39. The molecule has 1 aliphatic heterocycles. The van der Waals surface area contributed by atoms with E-state index < -0.39 is 30.6 Å². The van der Waals surface area contributed by atoms with Crippen molar-refractivity contribution in [1.82, 2.24) is 4.90 Å². The number of aliphatic hydroxyl groups excluding tert-OH is 2. The van der Waals surface area contributed by atoms with E-state index in [1.807, 2.05) is 30.3 Å². The number of benzene rings is 2. The Labute approximate surface area is 195 Å². The molecular weight excluding hydrogens is 426 g/mol.